The summed E-state index contributed by atoms with van der Waals surface area (Å²) in [5.41, 5.74) is 7.15. The quantitative estimate of drug-likeness (QED) is 0.927. The van der Waals surface area contributed by atoms with Crippen molar-refractivity contribution in [3.05, 3.63) is 58.0 Å². The molecule has 1 amide bonds. The smallest absolute Gasteiger partial charge is 0.263 e. The minimum absolute atomic E-state index is 0.0345. The van der Waals surface area contributed by atoms with Gasteiger partial charge in [0.2, 0.25) is 0 Å². The van der Waals surface area contributed by atoms with E-state index in [2.05, 4.69) is 0 Å². The Kier molecular flexibility index (Phi) is 4.03. The van der Waals surface area contributed by atoms with Gasteiger partial charge in [0.15, 0.2) is 0 Å². The molecule has 1 fully saturated rings. The molecule has 1 aromatic heterocycles. The van der Waals surface area contributed by atoms with E-state index in [0.29, 0.717) is 13.1 Å². The lowest BCUT2D eigenvalue weighted by Crippen LogP contribution is -2.48. The fourth-order valence-corrected chi connectivity index (χ4v) is 3.53. The SMILES string of the molecule is NC1CC(c2ccc(F)cc2)CN(C(=O)c2cccs2)C1. The van der Waals surface area contributed by atoms with E-state index in [1.807, 2.05) is 22.4 Å². The Morgan fingerprint density at radius 2 is 2.00 bits per heavy atom. The molecule has 0 spiro atoms. The Morgan fingerprint density at radius 3 is 2.67 bits per heavy atom. The summed E-state index contributed by atoms with van der Waals surface area (Å²) >= 11 is 1.44. The summed E-state index contributed by atoms with van der Waals surface area (Å²) in [6.07, 6.45) is 0.819. The number of thiophene rings is 1. The molecule has 0 saturated carbocycles. The zero-order valence-corrected chi connectivity index (χ0v) is 12.4. The minimum Gasteiger partial charge on any atom is -0.336 e. The van der Waals surface area contributed by atoms with Crippen LogP contribution in [0.2, 0.25) is 0 Å². The second-order valence-electron chi connectivity index (χ2n) is 5.43. The molecule has 3 nitrogen and oxygen atoms in total. The van der Waals surface area contributed by atoms with E-state index >= 15 is 0 Å². The van der Waals surface area contributed by atoms with Gasteiger partial charge in [-0.15, -0.1) is 11.3 Å². The minimum atomic E-state index is -0.245. The molecule has 1 saturated heterocycles. The molecule has 2 heterocycles. The lowest BCUT2D eigenvalue weighted by Gasteiger charge is -2.36. The normalized spacial score (nSPS) is 22.3. The maximum absolute atomic E-state index is 13.0. The van der Waals surface area contributed by atoms with Crippen LogP contribution in [0.5, 0.6) is 0 Å². The number of amides is 1. The number of benzene rings is 1. The maximum atomic E-state index is 13.0. The van der Waals surface area contributed by atoms with E-state index in [1.54, 1.807) is 12.1 Å². The van der Waals surface area contributed by atoms with E-state index in [-0.39, 0.29) is 23.7 Å². The molecule has 1 aliphatic rings. The average Bonchev–Trinajstić information content (AvgIpc) is 3.00. The zero-order chi connectivity index (χ0) is 14.8. The number of nitrogens with zero attached hydrogens (tertiary/aromatic N) is 1. The van der Waals surface area contributed by atoms with Gasteiger partial charge in [0, 0.05) is 25.0 Å². The highest BCUT2D eigenvalue weighted by atomic mass is 32.1. The molecular formula is C16H17FN2OS. The molecule has 2 unspecified atom stereocenters. The van der Waals surface area contributed by atoms with Crippen molar-refractivity contribution in [2.45, 2.75) is 18.4 Å². The van der Waals surface area contributed by atoms with Gasteiger partial charge < -0.3 is 10.6 Å². The van der Waals surface area contributed by atoms with Crippen molar-refractivity contribution in [3.8, 4) is 0 Å². The van der Waals surface area contributed by atoms with Crippen LogP contribution in [0.25, 0.3) is 0 Å². The van der Waals surface area contributed by atoms with Crippen molar-refractivity contribution < 1.29 is 9.18 Å². The van der Waals surface area contributed by atoms with Gasteiger partial charge >= 0.3 is 0 Å². The summed E-state index contributed by atoms with van der Waals surface area (Å²) in [7, 11) is 0. The Hall–Kier alpha value is -1.72. The highest BCUT2D eigenvalue weighted by molar-refractivity contribution is 7.12. The first kappa shape index (κ1) is 14.2. The molecule has 1 aromatic carbocycles. The van der Waals surface area contributed by atoms with Gasteiger partial charge in [-0.05, 0) is 35.6 Å². The lowest BCUT2D eigenvalue weighted by molar-refractivity contribution is 0.0694. The molecule has 0 radical (unpaired) electrons. The number of piperidine rings is 1. The van der Waals surface area contributed by atoms with Crippen LogP contribution >= 0.6 is 11.3 Å². The van der Waals surface area contributed by atoms with Gasteiger partial charge in [-0.1, -0.05) is 18.2 Å². The van der Waals surface area contributed by atoms with Crippen LogP contribution in [0.15, 0.2) is 41.8 Å². The summed E-state index contributed by atoms with van der Waals surface area (Å²) in [6, 6.07) is 10.1. The van der Waals surface area contributed by atoms with Crippen LogP contribution in [0.1, 0.15) is 27.6 Å². The van der Waals surface area contributed by atoms with Crippen LogP contribution in [-0.2, 0) is 0 Å². The van der Waals surface area contributed by atoms with Gasteiger partial charge in [0.25, 0.3) is 5.91 Å². The highest BCUT2D eigenvalue weighted by Gasteiger charge is 2.29. The molecule has 21 heavy (non-hydrogen) atoms. The number of likely N-dealkylation sites (tertiary alicyclic amines) is 1. The second-order valence-corrected chi connectivity index (χ2v) is 6.38. The van der Waals surface area contributed by atoms with Crippen molar-refractivity contribution in [1.82, 2.24) is 4.90 Å². The van der Waals surface area contributed by atoms with Crippen molar-refractivity contribution in [1.29, 1.82) is 0 Å². The molecular weight excluding hydrogens is 287 g/mol. The van der Waals surface area contributed by atoms with Gasteiger partial charge in [-0.25, -0.2) is 4.39 Å². The molecule has 0 bridgehead atoms. The molecule has 1 aliphatic heterocycles. The first-order valence-corrected chi connectivity index (χ1v) is 7.85. The van der Waals surface area contributed by atoms with Crippen molar-refractivity contribution >= 4 is 17.2 Å². The molecule has 5 heteroatoms. The van der Waals surface area contributed by atoms with E-state index < -0.39 is 0 Å². The third kappa shape index (κ3) is 3.14. The first-order chi connectivity index (χ1) is 10.1. The standard InChI is InChI=1S/C16H17FN2OS/c17-13-5-3-11(4-6-13)12-8-14(18)10-19(9-12)16(20)15-2-1-7-21-15/h1-7,12,14H,8-10,18H2. The van der Waals surface area contributed by atoms with Gasteiger partial charge in [-0.3, -0.25) is 4.79 Å². The Morgan fingerprint density at radius 1 is 1.24 bits per heavy atom. The Labute approximate surface area is 127 Å². The molecule has 2 atom stereocenters. The fourth-order valence-electron chi connectivity index (χ4n) is 2.84. The zero-order valence-electron chi connectivity index (χ0n) is 11.5. The molecule has 0 aliphatic carbocycles. The lowest BCUT2D eigenvalue weighted by atomic mass is 9.88. The maximum Gasteiger partial charge on any atom is 0.263 e. The van der Waals surface area contributed by atoms with Crippen LogP contribution in [0.4, 0.5) is 4.39 Å². The van der Waals surface area contributed by atoms with Crippen LogP contribution in [0.3, 0.4) is 0 Å². The van der Waals surface area contributed by atoms with Crippen LogP contribution in [-0.4, -0.2) is 29.9 Å². The predicted octanol–water partition coefficient (Wildman–Crippen LogP) is 2.84. The molecule has 2 N–H and O–H groups in total. The van der Waals surface area contributed by atoms with E-state index in [1.165, 1.54) is 23.5 Å². The van der Waals surface area contributed by atoms with Crippen molar-refractivity contribution in [2.24, 2.45) is 5.73 Å². The van der Waals surface area contributed by atoms with Crippen molar-refractivity contribution in [2.75, 3.05) is 13.1 Å². The number of hydrogen-bond donors (Lipinski definition) is 1. The van der Waals surface area contributed by atoms with E-state index in [0.717, 1.165) is 16.9 Å². The van der Waals surface area contributed by atoms with Gasteiger partial charge in [-0.2, -0.15) is 0 Å². The number of hydrogen-bond acceptors (Lipinski definition) is 3. The Bertz CT molecular complexity index is 612. The first-order valence-electron chi connectivity index (χ1n) is 6.97. The monoisotopic (exact) mass is 304 g/mol. The third-order valence-corrected chi connectivity index (χ3v) is 4.70. The van der Waals surface area contributed by atoms with Crippen LogP contribution < -0.4 is 5.73 Å². The van der Waals surface area contributed by atoms with Gasteiger partial charge in [0.05, 0.1) is 4.88 Å². The molecule has 110 valence electrons. The molecule has 3 rings (SSSR count). The van der Waals surface area contributed by atoms with Gasteiger partial charge in [0.1, 0.15) is 5.82 Å². The summed E-state index contributed by atoms with van der Waals surface area (Å²) in [5.74, 6) is -0.0455. The number of rotatable bonds is 2. The number of carbonyl (C=O) groups excluding carboxylic acids is 1. The fraction of sp³-hybridized carbons (Fsp3) is 0.312. The average molecular weight is 304 g/mol. The summed E-state index contributed by atoms with van der Waals surface area (Å²) < 4.78 is 13.0. The summed E-state index contributed by atoms with van der Waals surface area (Å²) in [4.78, 5) is 15.0. The van der Waals surface area contributed by atoms with E-state index in [4.69, 9.17) is 5.73 Å². The summed E-state index contributed by atoms with van der Waals surface area (Å²) in [6.45, 7) is 1.21. The largest absolute Gasteiger partial charge is 0.336 e. The predicted molar refractivity (Wildman–Crippen MR) is 82.0 cm³/mol. The molecule has 2 aromatic rings. The third-order valence-electron chi connectivity index (χ3n) is 3.84. The topological polar surface area (TPSA) is 46.3 Å². The highest BCUT2D eigenvalue weighted by Crippen LogP contribution is 2.28. The summed E-state index contributed by atoms with van der Waals surface area (Å²) in [5, 5.41) is 1.90. The number of halogens is 1. The van der Waals surface area contributed by atoms with E-state index in [9.17, 15) is 9.18 Å². The number of nitrogens with two attached hydrogens (primary N) is 1. The van der Waals surface area contributed by atoms with Crippen LogP contribution in [0, 0.1) is 5.82 Å². The van der Waals surface area contributed by atoms with Crippen molar-refractivity contribution in [3.63, 3.8) is 0 Å². The second kappa shape index (κ2) is 5.95. The number of carbonyl (C=O) groups is 1. The Balaban J connectivity index is 1.78.